The summed E-state index contributed by atoms with van der Waals surface area (Å²) in [4.78, 5) is 0.938. The van der Waals surface area contributed by atoms with Crippen LogP contribution in [0.4, 0.5) is 14.5 Å². The number of quaternary nitrogens is 1. The smallest absolute Gasteiger partial charge is 0.186 e. The number of halogens is 2. The Kier molecular flexibility index (Phi) is 2.76. The van der Waals surface area contributed by atoms with E-state index in [0.29, 0.717) is 5.69 Å². The van der Waals surface area contributed by atoms with E-state index >= 15 is 0 Å². The summed E-state index contributed by atoms with van der Waals surface area (Å²) in [6.45, 7) is 2.72. The molecule has 0 aliphatic heterocycles. The van der Waals surface area contributed by atoms with Crippen molar-refractivity contribution in [1.29, 1.82) is 0 Å². The minimum absolute atomic E-state index is 0.477. The molecule has 0 radical (unpaired) electrons. The number of rotatable bonds is 2. The van der Waals surface area contributed by atoms with Crippen LogP contribution in [0.5, 0.6) is 0 Å². The lowest BCUT2D eigenvalue weighted by molar-refractivity contribution is -0.809. The molecule has 0 spiro atoms. The molecule has 0 aliphatic carbocycles. The molecule has 66 valence electrons. The van der Waals surface area contributed by atoms with Gasteiger partial charge in [-0.2, -0.15) is 0 Å². The Hall–Kier alpha value is -0.960. The summed E-state index contributed by atoms with van der Waals surface area (Å²) in [5.74, 6) is -1.01. The SMILES string of the molecule is CC[NH+](C)c1ccc(F)cc1F. The lowest BCUT2D eigenvalue weighted by Gasteiger charge is -2.10. The highest BCUT2D eigenvalue weighted by Crippen LogP contribution is 2.09. The zero-order valence-corrected chi connectivity index (χ0v) is 7.20. The van der Waals surface area contributed by atoms with Crippen molar-refractivity contribution in [1.82, 2.24) is 0 Å². The maximum absolute atomic E-state index is 13.0. The Morgan fingerprint density at radius 3 is 2.50 bits per heavy atom. The first-order valence-electron chi connectivity index (χ1n) is 3.93. The maximum Gasteiger partial charge on any atom is 0.186 e. The van der Waals surface area contributed by atoms with Gasteiger partial charge in [-0.15, -0.1) is 0 Å². The van der Waals surface area contributed by atoms with Crippen LogP contribution in [0.1, 0.15) is 6.92 Å². The third-order valence-electron chi connectivity index (χ3n) is 1.92. The average molecular weight is 172 g/mol. The molecular formula is C9H12F2N+. The van der Waals surface area contributed by atoms with Crippen LogP contribution >= 0.6 is 0 Å². The summed E-state index contributed by atoms with van der Waals surface area (Å²) in [7, 11) is 1.84. The van der Waals surface area contributed by atoms with Gasteiger partial charge in [-0.3, -0.25) is 0 Å². The second-order valence-corrected chi connectivity index (χ2v) is 2.76. The molecule has 0 bridgehead atoms. The van der Waals surface area contributed by atoms with Crippen molar-refractivity contribution in [2.45, 2.75) is 6.92 Å². The first-order valence-corrected chi connectivity index (χ1v) is 3.93. The largest absolute Gasteiger partial charge is 0.303 e. The van der Waals surface area contributed by atoms with Crippen LogP contribution in [0.15, 0.2) is 18.2 Å². The second kappa shape index (κ2) is 3.63. The van der Waals surface area contributed by atoms with Crippen LogP contribution in [0, 0.1) is 11.6 Å². The van der Waals surface area contributed by atoms with E-state index in [0.717, 1.165) is 17.5 Å². The fraction of sp³-hybridized carbons (Fsp3) is 0.333. The van der Waals surface area contributed by atoms with E-state index in [9.17, 15) is 8.78 Å². The molecule has 1 rings (SSSR count). The predicted molar refractivity (Wildman–Crippen MR) is 43.4 cm³/mol. The van der Waals surface area contributed by atoms with Crippen LogP contribution in [-0.4, -0.2) is 13.6 Å². The van der Waals surface area contributed by atoms with E-state index in [1.165, 1.54) is 12.1 Å². The third kappa shape index (κ3) is 1.80. The summed E-state index contributed by atoms with van der Waals surface area (Å²) < 4.78 is 25.5. The van der Waals surface area contributed by atoms with Crippen LogP contribution < -0.4 is 4.90 Å². The monoisotopic (exact) mass is 172 g/mol. The minimum atomic E-state index is -0.528. The van der Waals surface area contributed by atoms with Gasteiger partial charge in [0.05, 0.1) is 13.6 Å². The highest BCUT2D eigenvalue weighted by molar-refractivity contribution is 5.30. The molecule has 1 aromatic carbocycles. The Balaban J connectivity index is 3.01. The van der Waals surface area contributed by atoms with Crippen molar-refractivity contribution >= 4 is 5.69 Å². The Labute approximate surface area is 70.6 Å². The Morgan fingerprint density at radius 1 is 1.33 bits per heavy atom. The fourth-order valence-corrected chi connectivity index (χ4v) is 1.03. The molecule has 12 heavy (non-hydrogen) atoms. The molecule has 1 nitrogen and oxygen atoms in total. The van der Waals surface area contributed by atoms with Crippen LogP contribution in [0.3, 0.4) is 0 Å². The molecule has 0 amide bonds. The van der Waals surface area contributed by atoms with Crippen molar-refractivity contribution in [3.05, 3.63) is 29.8 Å². The first-order chi connectivity index (χ1) is 5.65. The van der Waals surface area contributed by atoms with E-state index < -0.39 is 11.6 Å². The fourth-order valence-electron chi connectivity index (χ4n) is 1.03. The molecule has 0 saturated heterocycles. The van der Waals surface area contributed by atoms with Gasteiger partial charge >= 0.3 is 0 Å². The normalized spacial score (nSPS) is 13.0. The highest BCUT2D eigenvalue weighted by Gasteiger charge is 2.10. The van der Waals surface area contributed by atoms with Gasteiger partial charge in [0.1, 0.15) is 5.82 Å². The lowest BCUT2D eigenvalue weighted by atomic mass is 10.3. The summed E-state index contributed by atoms with van der Waals surface area (Å²) in [5.41, 5.74) is 0.513. The molecule has 1 aromatic rings. The van der Waals surface area contributed by atoms with Crippen molar-refractivity contribution < 1.29 is 13.7 Å². The molecule has 1 atom stereocenters. The van der Waals surface area contributed by atoms with Crippen LogP contribution in [0.2, 0.25) is 0 Å². The molecule has 0 saturated carbocycles. The van der Waals surface area contributed by atoms with Crippen molar-refractivity contribution in [3.8, 4) is 0 Å². The molecule has 3 heteroatoms. The summed E-state index contributed by atoms with van der Waals surface area (Å²) in [5, 5.41) is 0. The van der Waals surface area contributed by atoms with Gasteiger partial charge in [-0.1, -0.05) is 0 Å². The van der Waals surface area contributed by atoms with Gasteiger partial charge in [-0.25, -0.2) is 8.78 Å². The summed E-state index contributed by atoms with van der Waals surface area (Å²) in [6, 6.07) is 3.66. The minimum Gasteiger partial charge on any atom is -0.303 e. The maximum atomic E-state index is 13.0. The first kappa shape index (κ1) is 9.13. The second-order valence-electron chi connectivity index (χ2n) is 2.76. The molecule has 1 N–H and O–H groups in total. The quantitative estimate of drug-likeness (QED) is 0.682. The Morgan fingerprint density at radius 2 is 2.00 bits per heavy atom. The van der Waals surface area contributed by atoms with E-state index in [4.69, 9.17) is 0 Å². The molecular weight excluding hydrogens is 160 g/mol. The number of hydrogen-bond acceptors (Lipinski definition) is 0. The van der Waals surface area contributed by atoms with E-state index in [-0.39, 0.29) is 0 Å². The number of hydrogen-bond donors (Lipinski definition) is 1. The lowest BCUT2D eigenvalue weighted by Crippen LogP contribution is -3.03. The average Bonchev–Trinajstić information content (AvgIpc) is 2.03. The summed E-state index contributed by atoms with van der Waals surface area (Å²) in [6.07, 6.45) is 0. The van der Waals surface area contributed by atoms with Crippen molar-refractivity contribution in [3.63, 3.8) is 0 Å². The molecule has 0 heterocycles. The van der Waals surface area contributed by atoms with Gasteiger partial charge < -0.3 is 4.90 Å². The Bertz CT molecular complexity index is 273. The number of nitrogens with one attached hydrogen (secondary N) is 1. The molecule has 1 unspecified atom stereocenters. The van der Waals surface area contributed by atoms with Gasteiger partial charge in [0.25, 0.3) is 0 Å². The van der Waals surface area contributed by atoms with Gasteiger partial charge in [0, 0.05) is 12.1 Å². The van der Waals surface area contributed by atoms with Gasteiger partial charge in [0.2, 0.25) is 0 Å². The predicted octanol–water partition coefficient (Wildman–Crippen LogP) is 1.13. The standard InChI is InChI=1S/C9H11F2N/c1-3-12(2)9-5-4-7(10)6-8(9)11/h4-6H,3H2,1-2H3/p+1. The van der Waals surface area contributed by atoms with Crippen molar-refractivity contribution in [2.24, 2.45) is 0 Å². The number of benzene rings is 1. The summed E-state index contributed by atoms with van der Waals surface area (Å²) >= 11 is 0. The molecule has 0 aromatic heterocycles. The zero-order valence-electron chi connectivity index (χ0n) is 7.20. The van der Waals surface area contributed by atoms with E-state index in [1.807, 2.05) is 14.0 Å². The van der Waals surface area contributed by atoms with Crippen LogP contribution in [-0.2, 0) is 0 Å². The van der Waals surface area contributed by atoms with Gasteiger partial charge in [-0.05, 0) is 13.0 Å². The molecule has 0 aliphatic rings. The molecule has 0 fully saturated rings. The van der Waals surface area contributed by atoms with Crippen molar-refractivity contribution in [2.75, 3.05) is 13.6 Å². The highest BCUT2D eigenvalue weighted by atomic mass is 19.1. The van der Waals surface area contributed by atoms with E-state index in [2.05, 4.69) is 0 Å². The third-order valence-corrected chi connectivity index (χ3v) is 1.92. The van der Waals surface area contributed by atoms with Crippen LogP contribution in [0.25, 0.3) is 0 Å². The van der Waals surface area contributed by atoms with E-state index in [1.54, 1.807) is 0 Å². The topological polar surface area (TPSA) is 4.44 Å². The van der Waals surface area contributed by atoms with Gasteiger partial charge in [0.15, 0.2) is 11.5 Å². The zero-order chi connectivity index (χ0) is 9.14.